The third-order valence-corrected chi connectivity index (χ3v) is 2.28. The van der Waals surface area contributed by atoms with E-state index in [4.69, 9.17) is 4.74 Å². The van der Waals surface area contributed by atoms with Crippen LogP contribution in [0, 0.1) is 13.0 Å². The van der Waals surface area contributed by atoms with Gasteiger partial charge in [0.25, 0.3) is 0 Å². The van der Waals surface area contributed by atoms with E-state index >= 15 is 0 Å². The molecule has 0 saturated carbocycles. The number of para-hydroxylation sites is 1. The molecule has 0 spiro atoms. The van der Waals surface area contributed by atoms with E-state index in [0.29, 0.717) is 6.61 Å². The summed E-state index contributed by atoms with van der Waals surface area (Å²) in [6.45, 7) is 2.66. The Hall–Kier alpha value is -0.514. The topological polar surface area (TPSA) is 9.23 Å². The minimum Gasteiger partial charge on any atom is -1.00 e. The van der Waals surface area contributed by atoms with E-state index in [0.717, 1.165) is 11.3 Å². The zero-order valence-corrected chi connectivity index (χ0v) is 12.8. The van der Waals surface area contributed by atoms with Gasteiger partial charge in [0, 0.05) is 0 Å². The third-order valence-electron chi connectivity index (χ3n) is 2.28. The van der Waals surface area contributed by atoms with Gasteiger partial charge in [-0.2, -0.15) is 30.3 Å². The summed E-state index contributed by atoms with van der Waals surface area (Å²) in [4.78, 5) is 0. The average Bonchev–Trinajstić information content (AvgIpc) is 2.29. The maximum absolute atomic E-state index is 5.71. The second kappa shape index (κ2) is 8.56. The summed E-state index contributed by atoms with van der Waals surface area (Å²) >= 11 is 0. The molecule has 2 aromatic rings. The van der Waals surface area contributed by atoms with E-state index in [1.54, 1.807) is 0 Å². The SMILES string of the molecule is Cc1ccccc1OCc1cc[c-]cc1.[Br-].[Mg+2]. The van der Waals surface area contributed by atoms with Crippen molar-refractivity contribution < 1.29 is 21.7 Å². The van der Waals surface area contributed by atoms with Crippen LogP contribution < -0.4 is 21.7 Å². The van der Waals surface area contributed by atoms with Crippen molar-refractivity contribution >= 4 is 23.1 Å². The molecule has 0 bridgehead atoms. The molecule has 0 aliphatic carbocycles. The van der Waals surface area contributed by atoms with Gasteiger partial charge in [0.05, 0.1) is 6.61 Å². The van der Waals surface area contributed by atoms with Gasteiger partial charge in [-0.15, -0.1) is 5.56 Å². The maximum Gasteiger partial charge on any atom is 2.00 e. The van der Waals surface area contributed by atoms with Crippen molar-refractivity contribution in [3.8, 4) is 5.75 Å². The number of hydrogen-bond donors (Lipinski definition) is 0. The monoisotopic (exact) mass is 300 g/mol. The standard InChI is InChI=1S/C14H13O.BrH.Mg/c1-12-7-5-6-10-14(12)15-11-13-8-3-2-4-9-13;;/h3-10H,11H2,1H3;1H;/q-1;;+2/p-1. The van der Waals surface area contributed by atoms with Gasteiger partial charge in [-0.3, -0.25) is 0 Å². The molecule has 0 radical (unpaired) electrons. The molecular weight excluding hydrogens is 288 g/mol. The zero-order valence-electron chi connectivity index (χ0n) is 9.82. The molecule has 0 saturated heterocycles. The van der Waals surface area contributed by atoms with Crippen LogP contribution in [0.15, 0.2) is 48.5 Å². The van der Waals surface area contributed by atoms with E-state index in [-0.39, 0.29) is 40.0 Å². The Labute approximate surface area is 129 Å². The zero-order chi connectivity index (χ0) is 10.5. The van der Waals surface area contributed by atoms with Gasteiger partial charge in [0.1, 0.15) is 5.75 Å². The molecule has 3 heteroatoms. The van der Waals surface area contributed by atoms with Gasteiger partial charge < -0.3 is 21.7 Å². The first-order chi connectivity index (χ1) is 7.36. The molecule has 0 amide bonds. The number of rotatable bonds is 3. The van der Waals surface area contributed by atoms with Crippen LogP contribution in [0.1, 0.15) is 11.1 Å². The van der Waals surface area contributed by atoms with Crippen LogP contribution in [0.2, 0.25) is 0 Å². The predicted molar refractivity (Wildman–Crippen MR) is 66.5 cm³/mol. The maximum atomic E-state index is 5.71. The molecule has 0 aliphatic rings. The molecule has 0 N–H and O–H groups in total. The first kappa shape index (κ1) is 16.5. The third kappa shape index (κ3) is 5.11. The predicted octanol–water partition coefficient (Wildman–Crippen LogP) is -0.00259. The molecule has 0 aromatic heterocycles. The second-order valence-corrected chi connectivity index (χ2v) is 3.46. The summed E-state index contributed by atoms with van der Waals surface area (Å²) in [5, 5.41) is 0. The van der Waals surface area contributed by atoms with Crippen LogP contribution in [0.5, 0.6) is 5.75 Å². The van der Waals surface area contributed by atoms with Crippen LogP contribution in [0.25, 0.3) is 0 Å². The first-order valence-electron chi connectivity index (χ1n) is 5.00. The Morgan fingerprint density at radius 3 is 2.35 bits per heavy atom. The van der Waals surface area contributed by atoms with Crippen molar-refractivity contribution in [3.05, 3.63) is 65.7 Å². The summed E-state index contributed by atoms with van der Waals surface area (Å²) in [6.07, 6.45) is 0. The fraction of sp³-hybridized carbons (Fsp3) is 0.143. The molecule has 2 rings (SSSR count). The van der Waals surface area contributed by atoms with E-state index in [1.807, 2.05) is 55.5 Å². The normalized spacial score (nSPS) is 8.76. The molecular formula is C14H13BrMgO. The summed E-state index contributed by atoms with van der Waals surface area (Å²) in [5.41, 5.74) is 2.33. The number of hydrogen-bond acceptors (Lipinski definition) is 1. The number of aryl methyl sites for hydroxylation is 1. The van der Waals surface area contributed by atoms with Crippen LogP contribution in [0.3, 0.4) is 0 Å². The molecule has 0 unspecified atom stereocenters. The van der Waals surface area contributed by atoms with E-state index in [1.165, 1.54) is 5.56 Å². The number of benzene rings is 2. The van der Waals surface area contributed by atoms with Crippen molar-refractivity contribution in [2.45, 2.75) is 13.5 Å². The van der Waals surface area contributed by atoms with E-state index in [9.17, 15) is 0 Å². The molecule has 1 nitrogen and oxygen atoms in total. The fourth-order valence-corrected chi connectivity index (χ4v) is 1.40. The molecule has 2 aromatic carbocycles. The molecule has 17 heavy (non-hydrogen) atoms. The van der Waals surface area contributed by atoms with Gasteiger partial charge in [-0.1, -0.05) is 18.2 Å². The Bertz CT molecular complexity index is 431. The quantitative estimate of drug-likeness (QED) is 0.573. The summed E-state index contributed by atoms with van der Waals surface area (Å²) < 4.78 is 5.71. The van der Waals surface area contributed by atoms with Gasteiger partial charge >= 0.3 is 23.1 Å². The summed E-state index contributed by atoms with van der Waals surface area (Å²) in [6, 6.07) is 18.9. The average molecular weight is 301 g/mol. The van der Waals surface area contributed by atoms with E-state index in [2.05, 4.69) is 6.07 Å². The fourth-order valence-electron chi connectivity index (χ4n) is 1.40. The number of ether oxygens (including phenoxy) is 1. The van der Waals surface area contributed by atoms with Crippen molar-refractivity contribution in [2.24, 2.45) is 0 Å². The Morgan fingerprint density at radius 2 is 1.71 bits per heavy atom. The second-order valence-electron chi connectivity index (χ2n) is 3.46. The summed E-state index contributed by atoms with van der Waals surface area (Å²) in [5.74, 6) is 0.949. The van der Waals surface area contributed by atoms with Crippen LogP contribution in [-0.2, 0) is 6.61 Å². The molecule has 0 fully saturated rings. The summed E-state index contributed by atoms with van der Waals surface area (Å²) in [7, 11) is 0. The van der Waals surface area contributed by atoms with Gasteiger partial charge in [0.2, 0.25) is 0 Å². The Morgan fingerprint density at radius 1 is 1.06 bits per heavy atom. The Balaban J connectivity index is 0.00000128. The minimum absolute atomic E-state index is 0. The van der Waals surface area contributed by atoms with Gasteiger partial charge in [-0.05, 0) is 18.6 Å². The van der Waals surface area contributed by atoms with E-state index < -0.39 is 0 Å². The largest absolute Gasteiger partial charge is 2.00 e. The van der Waals surface area contributed by atoms with Crippen molar-refractivity contribution in [2.75, 3.05) is 0 Å². The van der Waals surface area contributed by atoms with Crippen molar-refractivity contribution in [1.82, 2.24) is 0 Å². The Kier molecular flexibility index (Phi) is 8.30. The number of halogens is 1. The van der Waals surface area contributed by atoms with Gasteiger partial charge in [-0.25, -0.2) is 0 Å². The first-order valence-corrected chi connectivity index (χ1v) is 5.00. The smallest absolute Gasteiger partial charge is 1.00 e. The van der Waals surface area contributed by atoms with Crippen LogP contribution in [-0.4, -0.2) is 23.1 Å². The van der Waals surface area contributed by atoms with Crippen molar-refractivity contribution in [1.29, 1.82) is 0 Å². The molecule has 0 aliphatic heterocycles. The van der Waals surface area contributed by atoms with Crippen molar-refractivity contribution in [3.63, 3.8) is 0 Å². The molecule has 0 atom stereocenters. The van der Waals surface area contributed by atoms with Crippen LogP contribution >= 0.6 is 0 Å². The molecule has 0 heterocycles. The van der Waals surface area contributed by atoms with Gasteiger partial charge in [0.15, 0.2) is 0 Å². The molecule has 84 valence electrons. The minimum atomic E-state index is 0. The van der Waals surface area contributed by atoms with Crippen LogP contribution in [0.4, 0.5) is 0 Å².